The fourth-order valence-electron chi connectivity index (χ4n) is 0.716. The van der Waals surface area contributed by atoms with Gasteiger partial charge < -0.3 is 4.55 Å². The molecule has 5 nitrogen and oxygen atoms in total. The molecule has 0 spiro atoms. The molecule has 0 fully saturated rings. The molecule has 0 aliphatic heterocycles. The van der Waals surface area contributed by atoms with Gasteiger partial charge in [0.05, 0.1) is 0 Å². The first-order valence-corrected chi connectivity index (χ1v) is 6.85. The maximum atomic E-state index is 11.5. The predicted molar refractivity (Wildman–Crippen MR) is 54.2 cm³/mol. The number of thiophene rings is 1. The number of nitrogens with zero attached hydrogens (tertiary/aromatic N) is 1. The summed E-state index contributed by atoms with van der Waals surface area (Å²) in [5, 5.41) is 0. The number of hydrogen-bond donors (Lipinski definition) is 1. The van der Waals surface area contributed by atoms with Crippen molar-refractivity contribution in [2.24, 2.45) is 0 Å². The lowest BCUT2D eigenvalue weighted by Crippen LogP contribution is -2.21. The lowest BCUT2D eigenvalue weighted by molar-refractivity contribution is 0.523. The van der Waals surface area contributed by atoms with E-state index in [0.29, 0.717) is 0 Å². The summed E-state index contributed by atoms with van der Waals surface area (Å²) in [7, 11) is -0.669. The molecule has 0 aromatic carbocycles. The molecule has 0 aliphatic rings. The fraction of sp³-hybridized carbons (Fsp3) is 0.333. The Labute approximate surface area is 88.7 Å². The van der Waals surface area contributed by atoms with Crippen molar-refractivity contribution in [2.45, 2.75) is 8.42 Å². The van der Waals surface area contributed by atoms with Crippen LogP contribution in [0.1, 0.15) is 0 Å². The first-order chi connectivity index (χ1) is 6.35. The van der Waals surface area contributed by atoms with Crippen LogP contribution in [-0.2, 0) is 21.1 Å². The Morgan fingerprint density at radius 3 is 2.36 bits per heavy atom. The number of hydrogen-bond acceptors (Lipinski definition) is 4. The zero-order valence-electron chi connectivity index (χ0n) is 7.50. The molecule has 80 valence electrons. The summed E-state index contributed by atoms with van der Waals surface area (Å²) in [5.41, 5.74) is 0. The lowest BCUT2D eigenvalue weighted by Gasteiger charge is -2.07. The van der Waals surface area contributed by atoms with E-state index in [1.54, 1.807) is 0 Å². The van der Waals surface area contributed by atoms with Gasteiger partial charge in [0.25, 0.3) is 10.0 Å². The van der Waals surface area contributed by atoms with E-state index in [2.05, 4.69) is 0 Å². The minimum absolute atomic E-state index is 0.0694. The Bertz CT molecular complexity index is 447. The standard InChI is InChI=1S/C6H9NO4S3/c1-7(2)14(10,11)6-4-3-5(12-6)13(8)9/h3-4H,1-2H3,(H,8,9). The Kier molecular flexibility index (Phi) is 3.43. The Hall–Kier alpha value is -0.280. The van der Waals surface area contributed by atoms with Crippen LogP contribution in [0.2, 0.25) is 0 Å². The van der Waals surface area contributed by atoms with Gasteiger partial charge in [0, 0.05) is 14.1 Å². The normalized spacial score (nSPS) is 14.6. The number of rotatable bonds is 3. The molecular weight excluding hydrogens is 246 g/mol. The summed E-state index contributed by atoms with van der Waals surface area (Å²) in [6.45, 7) is 0. The Balaban J connectivity index is 3.16. The second-order valence-electron chi connectivity index (χ2n) is 2.61. The van der Waals surface area contributed by atoms with Gasteiger partial charge in [0.1, 0.15) is 8.42 Å². The van der Waals surface area contributed by atoms with Crippen LogP contribution in [0.4, 0.5) is 0 Å². The third kappa shape index (κ3) is 2.20. The fourth-order valence-corrected chi connectivity index (χ4v) is 3.82. The number of sulfonamides is 1. The molecule has 14 heavy (non-hydrogen) atoms. The highest BCUT2D eigenvalue weighted by Crippen LogP contribution is 2.25. The highest BCUT2D eigenvalue weighted by atomic mass is 32.3. The van der Waals surface area contributed by atoms with Crippen molar-refractivity contribution in [1.82, 2.24) is 4.31 Å². The van der Waals surface area contributed by atoms with E-state index in [0.717, 1.165) is 15.6 Å². The molecule has 1 aromatic rings. The topological polar surface area (TPSA) is 74.7 Å². The van der Waals surface area contributed by atoms with Crippen LogP contribution >= 0.6 is 11.3 Å². The van der Waals surface area contributed by atoms with E-state index in [1.807, 2.05) is 0 Å². The van der Waals surface area contributed by atoms with E-state index in [-0.39, 0.29) is 8.42 Å². The molecule has 1 N–H and O–H groups in total. The van der Waals surface area contributed by atoms with E-state index in [9.17, 15) is 12.6 Å². The third-order valence-electron chi connectivity index (χ3n) is 1.46. The zero-order chi connectivity index (χ0) is 10.9. The van der Waals surface area contributed by atoms with Crippen molar-refractivity contribution in [2.75, 3.05) is 14.1 Å². The molecule has 0 aliphatic carbocycles. The van der Waals surface area contributed by atoms with Crippen molar-refractivity contribution < 1.29 is 17.2 Å². The van der Waals surface area contributed by atoms with Gasteiger partial charge in [-0.25, -0.2) is 16.9 Å². The van der Waals surface area contributed by atoms with E-state index in [4.69, 9.17) is 4.55 Å². The van der Waals surface area contributed by atoms with E-state index < -0.39 is 21.1 Å². The zero-order valence-corrected chi connectivity index (χ0v) is 9.95. The summed E-state index contributed by atoms with van der Waals surface area (Å²) in [5.74, 6) is 0. The average Bonchev–Trinajstić information content (AvgIpc) is 2.51. The smallest absolute Gasteiger partial charge is 0.252 e. The predicted octanol–water partition coefficient (Wildman–Crippen LogP) is 0.579. The summed E-state index contributed by atoms with van der Waals surface area (Å²) >= 11 is -1.32. The summed E-state index contributed by atoms with van der Waals surface area (Å²) in [6, 6.07) is 2.65. The molecule has 1 heterocycles. The average molecular weight is 255 g/mol. The molecule has 0 saturated carbocycles. The van der Waals surface area contributed by atoms with Gasteiger partial charge in [0.2, 0.25) is 0 Å². The Morgan fingerprint density at radius 1 is 1.43 bits per heavy atom. The van der Waals surface area contributed by atoms with Crippen LogP contribution in [0.5, 0.6) is 0 Å². The third-order valence-corrected chi connectivity index (χ3v) is 5.78. The highest BCUT2D eigenvalue weighted by molar-refractivity contribution is 7.91. The largest absolute Gasteiger partial charge is 0.302 e. The second-order valence-corrected chi connectivity index (χ2v) is 7.27. The maximum Gasteiger partial charge on any atom is 0.252 e. The van der Waals surface area contributed by atoms with Crippen LogP contribution in [0.25, 0.3) is 0 Å². The molecule has 1 atom stereocenters. The summed E-state index contributed by atoms with van der Waals surface area (Å²) in [4.78, 5) is 0. The van der Waals surface area contributed by atoms with Crippen molar-refractivity contribution in [3.05, 3.63) is 12.1 Å². The summed E-state index contributed by atoms with van der Waals surface area (Å²) in [6.07, 6.45) is 0. The Morgan fingerprint density at radius 2 is 2.00 bits per heavy atom. The van der Waals surface area contributed by atoms with Crippen molar-refractivity contribution >= 4 is 32.4 Å². The van der Waals surface area contributed by atoms with Crippen molar-refractivity contribution in [3.63, 3.8) is 0 Å². The van der Waals surface area contributed by atoms with Gasteiger partial charge in [-0.2, -0.15) is 0 Å². The van der Waals surface area contributed by atoms with Gasteiger partial charge in [-0.15, -0.1) is 11.3 Å². The van der Waals surface area contributed by atoms with Crippen LogP contribution in [0, 0.1) is 0 Å². The summed E-state index contributed by atoms with van der Waals surface area (Å²) < 4.78 is 43.6. The van der Waals surface area contributed by atoms with Gasteiger partial charge in [0.15, 0.2) is 11.1 Å². The monoisotopic (exact) mass is 255 g/mol. The maximum absolute atomic E-state index is 11.5. The van der Waals surface area contributed by atoms with Gasteiger partial charge in [-0.05, 0) is 12.1 Å². The van der Waals surface area contributed by atoms with Gasteiger partial charge >= 0.3 is 0 Å². The first-order valence-electron chi connectivity index (χ1n) is 3.49. The highest BCUT2D eigenvalue weighted by Gasteiger charge is 2.20. The quantitative estimate of drug-likeness (QED) is 0.802. The molecule has 0 amide bonds. The van der Waals surface area contributed by atoms with Crippen molar-refractivity contribution in [3.8, 4) is 0 Å². The van der Waals surface area contributed by atoms with Crippen LogP contribution in [0.15, 0.2) is 20.6 Å². The van der Waals surface area contributed by atoms with Gasteiger partial charge in [-0.1, -0.05) is 0 Å². The van der Waals surface area contributed by atoms with E-state index in [1.165, 1.54) is 26.2 Å². The first kappa shape index (κ1) is 11.8. The minimum atomic E-state index is -3.48. The molecule has 0 radical (unpaired) electrons. The molecule has 0 bridgehead atoms. The molecule has 1 unspecified atom stereocenters. The molecule has 0 saturated heterocycles. The second kappa shape index (κ2) is 4.07. The molecule has 8 heteroatoms. The van der Waals surface area contributed by atoms with E-state index >= 15 is 0 Å². The minimum Gasteiger partial charge on any atom is -0.302 e. The van der Waals surface area contributed by atoms with Crippen LogP contribution in [0.3, 0.4) is 0 Å². The van der Waals surface area contributed by atoms with Crippen molar-refractivity contribution in [1.29, 1.82) is 0 Å². The molecule has 1 aromatic heterocycles. The van der Waals surface area contributed by atoms with Crippen LogP contribution in [-0.4, -0.2) is 35.6 Å². The molecular formula is C6H9NO4S3. The van der Waals surface area contributed by atoms with Crippen LogP contribution < -0.4 is 0 Å². The SMILES string of the molecule is CN(C)S(=O)(=O)c1ccc(S(=O)O)s1. The lowest BCUT2D eigenvalue weighted by atomic mass is 10.7. The molecule has 1 rings (SSSR count). The van der Waals surface area contributed by atoms with Gasteiger partial charge in [-0.3, -0.25) is 0 Å².